The van der Waals surface area contributed by atoms with E-state index >= 15 is 0 Å². The zero-order valence-electron chi connectivity index (χ0n) is 4.98. The first kappa shape index (κ1) is 5.14. The molecule has 0 heterocycles. The molecule has 0 aromatic rings. The Balaban J connectivity index is 2.12. The van der Waals surface area contributed by atoms with Gasteiger partial charge in [0.05, 0.1) is 0 Å². The summed E-state index contributed by atoms with van der Waals surface area (Å²) in [4.78, 5) is 0. The van der Waals surface area contributed by atoms with Crippen molar-refractivity contribution in [2.75, 3.05) is 0 Å². The summed E-state index contributed by atoms with van der Waals surface area (Å²) < 4.78 is 0. The first-order chi connectivity index (χ1) is 3.39. The Labute approximate surface area is 45.9 Å². The van der Waals surface area contributed by atoms with E-state index in [4.69, 9.17) is 0 Å². The monoisotopic (exact) mass is 97.1 g/mol. The van der Waals surface area contributed by atoms with Crippen LogP contribution in [0.4, 0.5) is 0 Å². The average Bonchev–Trinajstić information content (AvgIpc) is 1.69. The van der Waals surface area contributed by atoms with E-state index in [0.29, 0.717) is 0 Å². The van der Waals surface area contributed by atoms with Crippen molar-refractivity contribution in [1.29, 1.82) is 0 Å². The van der Waals surface area contributed by atoms with Gasteiger partial charge in [0.15, 0.2) is 0 Å². The topological polar surface area (TPSA) is 0 Å². The second kappa shape index (κ2) is 2.34. The van der Waals surface area contributed by atoms with Gasteiger partial charge in [-0.25, -0.2) is 0 Å². The van der Waals surface area contributed by atoms with Gasteiger partial charge >= 0.3 is 0 Å². The van der Waals surface area contributed by atoms with Crippen LogP contribution in [-0.2, 0) is 0 Å². The largest absolute Gasteiger partial charge is 0.0625 e. The molecule has 0 heteroatoms. The quantitative estimate of drug-likeness (QED) is 0.435. The Morgan fingerprint density at radius 2 is 2.43 bits per heavy atom. The molecule has 1 rings (SSSR count). The van der Waals surface area contributed by atoms with E-state index in [9.17, 15) is 0 Å². The van der Waals surface area contributed by atoms with Crippen molar-refractivity contribution in [3.05, 3.63) is 6.42 Å². The van der Waals surface area contributed by atoms with Gasteiger partial charge in [-0.3, -0.25) is 0 Å². The van der Waals surface area contributed by atoms with Crippen LogP contribution in [0.15, 0.2) is 0 Å². The highest BCUT2D eigenvalue weighted by molar-refractivity contribution is 4.74. The first-order valence-corrected chi connectivity index (χ1v) is 3.21. The third-order valence-corrected chi connectivity index (χ3v) is 1.67. The smallest absolute Gasteiger partial charge is 0.0383 e. The Kier molecular flexibility index (Phi) is 1.72. The predicted molar refractivity (Wildman–Crippen MR) is 31.9 cm³/mol. The Bertz CT molecular complexity index is 42.0. The van der Waals surface area contributed by atoms with E-state index in [1.165, 1.54) is 25.7 Å². The van der Waals surface area contributed by atoms with Crippen LogP contribution in [0.5, 0.6) is 0 Å². The molecule has 0 spiro atoms. The molecule has 0 amide bonds. The van der Waals surface area contributed by atoms with Crippen molar-refractivity contribution in [1.82, 2.24) is 0 Å². The van der Waals surface area contributed by atoms with Gasteiger partial charge < -0.3 is 0 Å². The van der Waals surface area contributed by atoms with Crippen molar-refractivity contribution in [2.24, 2.45) is 5.92 Å². The number of hydrogen-bond acceptors (Lipinski definition) is 0. The minimum absolute atomic E-state index is 0.980. The van der Waals surface area contributed by atoms with Gasteiger partial charge in [0.25, 0.3) is 0 Å². The van der Waals surface area contributed by atoms with Crippen molar-refractivity contribution in [3.63, 3.8) is 0 Å². The lowest BCUT2D eigenvalue weighted by molar-refractivity contribution is 0.448. The fraction of sp³-hybridized carbons (Fsp3) is 0.857. The Morgan fingerprint density at radius 1 is 1.57 bits per heavy atom. The first-order valence-electron chi connectivity index (χ1n) is 3.21. The molecule has 1 saturated carbocycles. The van der Waals surface area contributed by atoms with Gasteiger partial charge in [0.1, 0.15) is 0 Å². The second-order valence-electron chi connectivity index (χ2n) is 2.56. The molecule has 0 saturated heterocycles. The molecule has 7 heavy (non-hydrogen) atoms. The summed E-state index contributed by atoms with van der Waals surface area (Å²) in [6.07, 6.45) is 8.02. The summed E-state index contributed by atoms with van der Waals surface area (Å²) in [5.41, 5.74) is 0. The maximum absolute atomic E-state index is 2.41. The normalized spacial score (nSPS) is 25.3. The highest BCUT2D eigenvalue weighted by atomic mass is 14.1. The molecular formula is C7H13. The van der Waals surface area contributed by atoms with Crippen molar-refractivity contribution >= 4 is 0 Å². The summed E-state index contributed by atoms with van der Waals surface area (Å²) in [6, 6.07) is 0. The van der Waals surface area contributed by atoms with E-state index in [1.54, 1.807) is 0 Å². The minimum Gasteiger partial charge on any atom is -0.0625 e. The number of hydrogen-bond donors (Lipinski definition) is 0. The third-order valence-electron chi connectivity index (χ3n) is 1.67. The predicted octanol–water partition coefficient (Wildman–Crippen LogP) is 2.40. The van der Waals surface area contributed by atoms with E-state index in [2.05, 4.69) is 13.3 Å². The lowest BCUT2D eigenvalue weighted by Crippen LogP contribution is -2.00. The lowest BCUT2D eigenvalue weighted by atomic mass is 9.91. The highest BCUT2D eigenvalue weighted by Crippen LogP contribution is 2.21. The Morgan fingerprint density at radius 3 is 2.71 bits per heavy atom. The maximum atomic E-state index is 2.41. The van der Waals surface area contributed by atoms with Crippen LogP contribution in [0, 0.1) is 12.3 Å². The summed E-state index contributed by atoms with van der Waals surface area (Å²) in [5.74, 6) is 0.980. The summed E-state index contributed by atoms with van der Waals surface area (Å²) >= 11 is 0. The SMILES string of the molecule is C[C@@H]1C[CH]CCC1. The van der Waals surface area contributed by atoms with Crippen LogP contribution in [0.1, 0.15) is 32.6 Å². The van der Waals surface area contributed by atoms with Crippen LogP contribution in [0.3, 0.4) is 0 Å². The van der Waals surface area contributed by atoms with Gasteiger partial charge in [-0.2, -0.15) is 0 Å². The van der Waals surface area contributed by atoms with Crippen molar-refractivity contribution < 1.29 is 0 Å². The summed E-state index contributed by atoms with van der Waals surface area (Å²) in [7, 11) is 0. The molecule has 0 bridgehead atoms. The molecule has 1 atom stereocenters. The fourth-order valence-corrected chi connectivity index (χ4v) is 1.13. The summed E-state index contributed by atoms with van der Waals surface area (Å²) in [6.45, 7) is 2.33. The van der Waals surface area contributed by atoms with Crippen molar-refractivity contribution in [3.8, 4) is 0 Å². The molecule has 0 aromatic carbocycles. The molecular weight excluding hydrogens is 84.1 g/mol. The van der Waals surface area contributed by atoms with Gasteiger partial charge in [0.2, 0.25) is 0 Å². The van der Waals surface area contributed by atoms with Crippen LogP contribution in [0.2, 0.25) is 0 Å². The standard InChI is InChI=1S/C7H13/c1-7-5-3-2-4-6-7/h3,7H,2,4-6H2,1H3/t7-/m1/s1. The van der Waals surface area contributed by atoms with E-state index < -0.39 is 0 Å². The van der Waals surface area contributed by atoms with Gasteiger partial charge in [-0.1, -0.05) is 26.2 Å². The van der Waals surface area contributed by atoms with Crippen LogP contribution in [0.25, 0.3) is 0 Å². The van der Waals surface area contributed by atoms with E-state index in [1.807, 2.05) is 0 Å². The van der Waals surface area contributed by atoms with E-state index in [0.717, 1.165) is 5.92 Å². The average molecular weight is 97.2 g/mol. The zero-order chi connectivity index (χ0) is 5.11. The Hall–Kier alpha value is 0. The highest BCUT2D eigenvalue weighted by Gasteiger charge is 2.06. The van der Waals surface area contributed by atoms with Crippen LogP contribution in [-0.4, -0.2) is 0 Å². The lowest BCUT2D eigenvalue weighted by Gasteiger charge is -2.15. The zero-order valence-corrected chi connectivity index (χ0v) is 4.98. The van der Waals surface area contributed by atoms with Crippen molar-refractivity contribution in [2.45, 2.75) is 32.6 Å². The molecule has 0 nitrogen and oxygen atoms in total. The third kappa shape index (κ3) is 1.50. The van der Waals surface area contributed by atoms with Gasteiger partial charge in [-0.15, -0.1) is 0 Å². The van der Waals surface area contributed by atoms with E-state index in [-0.39, 0.29) is 0 Å². The second-order valence-corrected chi connectivity index (χ2v) is 2.56. The number of rotatable bonds is 0. The van der Waals surface area contributed by atoms with Crippen LogP contribution >= 0.6 is 0 Å². The van der Waals surface area contributed by atoms with Gasteiger partial charge in [0, 0.05) is 0 Å². The van der Waals surface area contributed by atoms with Crippen LogP contribution < -0.4 is 0 Å². The molecule has 41 valence electrons. The molecule has 0 unspecified atom stereocenters. The molecule has 1 radical (unpaired) electrons. The molecule has 0 aromatic heterocycles. The fourth-order valence-electron chi connectivity index (χ4n) is 1.13. The minimum atomic E-state index is 0.980. The molecule has 1 fully saturated rings. The molecule has 0 N–H and O–H groups in total. The molecule has 1 aliphatic carbocycles. The molecule has 1 aliphatic rings. The maximum Gasteiger partial charge on any atom is -0.0383 e. The summed E-state index contributed by atoms with van der Waals surface area (Å²) in [5, 5.41) is 0. The van der Waals surface area contributed by atoms with Gasteiger partial charge in [-0.05, 0) is 18.8 Å². The molecule has 0 aliphatic heterocycles.